The van der Waals surface area contributed by atoms with Gasteiger partial charge >= 0.3 is 17.9 Å². The minimum atomic E-state index is -1.37. The van der Waals surface area contributed by atoms with Gasteiger partial charge in [0.05, 0.1) is 5.56 Å². The number of carboxylic acids is 2. The van der Waals surface area contributed by atoms with E-state index in [0.717, 1.165) is 0 Å². The quantitative estimate of drug-likeness (QED) is 0.647. The standard InChI is InChI=1S/C16H16ClNO7/c1-7-4-9-10(16(24)25-7)5-8(6-11(9)17)14(21)18-12(15(22)23)2-3-13(19)20/h5-7,12H,2-4H2,1H3,(H,18,21)(H,19,20)(H,22,23)/t7?,12-/m0/s1. The van der Waals surface area contributed by atoms with Crippen LogP contribution in [0.2, 0.25) is 5.02 Å². The molecule has 0 bridgehead atoms. The Morgan fingerprint density at radius 2 is 2.04 bits per heavy atom. The second-order valence-corrected chi connectivity index (χ2v) is 6.11. The molecule has 1 aromatic carbocycles. The number of amides is 1. The number of rotatable bonds is 6. The third kappa shape index (κ3) is 4.48. The van der Waals surface area contributed by atoms with E-state index < -0.39 is 36.3 Å². The van der Waals surface area contributed by atoms with Gasteiger partial charge in [-0.05, 0) is 31.0 Å². The number of carbonyl (C=O) groups excluding carboxylic acids is 2. The van der Waals surface area contributed by atoms with Crippen molar-refractivity contribution in [1.82, 2.24) is 5.32 Å². The molecule has 0 saturated heterocycles. The molecule has 1 aliphatic rings. The number of cyclic esters (lactones) is 1. The number of fused-ring (bicyclic) bond motifs is 1. The minimum absolute atomic E-state index is 0.00294. The number of benzene rings is 1. The number of carbonyl (C=O) groups is 4. The second kappa shape index (κ2) is 7.52. The lowest BCUT2D eigenvalue weighted by Gasteiger charge is -2.23. The summed E-state index contributed by atoms with van der Waals surface area (Å²) in [4.78, 5) is 46.0. The molecule has 0 spiro atoms. The molecule has 134 valence electrons. The van der Waals surface area contributed by atoms with E-state index in [9.17, 15) is 19.2 Å². The van der Waals surface area contributed by atoms with Gasteiger partial charge in [0.25, 0.3) is 5.91 Å². The van der Waals surface area contributed by atoms with Crippen molar-refractivity contribution in [3.63, 3.8) is 0 Å². The average molecular weight is 370 g/mol. The molecule has 0 aromatic heterocycles. The molecule has 2 atom stereocenters. The van der Waals surface area contributed by atoms with Gasteiger partial charge in [0.1, 0.15) is 12.1 Å². The molecule has 0 aliphatic carbocycles. The first-order valence-electron chi connectivity index (χ1n) is 7.48. The summed E-state index contributed by atoms with van der Waals surface area (Å²) >= 11 is 6.14. The zero-order valence-corrected chi connectivity index (χ0v) is 14.0. The molecule has 25 heavy (non-hydrogen) atoms. The van der Waals surface area contributed by atoms with Gasteiger partial charge in [-0.1, -0.05) is 11.6 Å². The molecular formula is C16H16ClNO7. The van der Waals surface area contributed by atoms with Crippen LogP contribution in [0.1, 0.15) is 46.0 Å². The van der Waals surface area contributed by atoms with E-state index in [4.69, 9.17) is 26.6 Å². The highest BCUT2D eigenvalue weighted by molar-refractivity contribution is 6.32. The summed E-state index contributed by atoms with van der Waals surface area (Å²) in [5.41, 5.74) is 0.729. The van der Waals surface area contributed by atoms with Gasteiger partial charge in [0.2, 0.25) is 0 Å². The van der Waals surface area contributed by atoms with E-state index in [1.54, 1.807) is 6.92 Å². The summed E-state index contributed by atoms with van der Waals surface area (Å²) in [7, 11) is 0. The Morgan fingerprint density at radius 3 is 2.64 bits per heavy atom. The smallest absolute Gasteiger partial charge is 0.338 e. The van der Waals surface area contributed by atoms with E-state index in [-0.39, 0.29) is 28.7 Å². The van der Waals surface area contributed by atoms with Gasteiger partial charge < -0.3 is 20.3 Å². The normalized spacial score (nSPS) is 17.2. The SMILES string of the molecule is CC1Cc2c(Cl)cc(C(=O)N[C@@H](CCC(=O)O)C(=O)O)cc2C(=O)O1. The summed E-state index contributed by atoms with van der Waals surface area (Å²) in [5, 5.41) is 20.2. The van der Waals surface area contributed by atoms with Crippen LogP contribution < -0.4 is 5.32 Å². The molecule has 0 saturated carbocycles. The van der Waals surface area contributed by atoms with E-state index in [0.29, 0.717) is 12.0 Å². The second-order valence-electron chi connectivity index (χ2n) is 5.70. The molecule has 1 aliphatic heterocycles. The Hall–Kier alpha value is -2.61. The van der Waals surface area contributed by atoms with Gasteiger partial charge in [0, 0.05) is 23.4 Å². The number of hydrogen-bond donors (Lipinski definition) is 3. The molecule has 1 heterocycles. The fourth-order valence-corrected chi connectivity index (χ4v) is 2.80. The van der Waals surface area contributed by atoms with Crippen LogP contribution in [0.15, 0.2) is 12.1 Å². The molecule has 2 rings (SSSR count). The first kappa shape index (κ1) is 18.7. The molecule has 9 heteroatoms. The van der Waals surface area contributed by atoms with Gasteiger partial charge in [-0.25, -0.2) is 9.59 Å². The average Bonchev–Trinajstić information content (AvgIpc) is 2.51. The summed E-state index contributed by atoms with van der Waals surface area (Å²) < 4.78 is 5.10. The van der Waals surface area contributed by atoms with Crippen LogP contribution in [0.5, 0.6) is 0 Å². The largest absolute Gasteiger partial charge is 0.481 e. The molecule has 1 aromatic rings. The maximum atomic E-state index is 12.3. The van der Waals surface area contributed by atoms with Crippen LogP contribution in [0.25, 0.3) is 0 Å². The maximum Gasteiger partial charge on any atom is 0.338 e. The number of aliphatic carboxylic acids is 2. The van der Waals surface area contributed by atoms with Gasteiger partial charge in [0.15, 0.2) is 0 Å². The fourth-order valence-electron chi connectivity index (χ4n) is 2.50. The Labute approximate surface area is 147 Å². The van der Waals surface area contributed by atoms with Crippen molar-refractivity contribution < 1.29 is 34.1 Å². The number of nitrogens with one attached hydrogen (secondary N) is 1. The maximum absolute atomic E-state index is 12.3. The Bertz CT molecular complexity index is 746. The monoisotopic (exact) mass is 369 g/mol. The molecule has 3 N–H and O–H groups in total. The third-order valence-corrected chi connectivity index (χ3v) is 4.06. The molecule has 0 fully saturated rings. The van der Waals surface area contributed by atoms with E-state index in [2.05, 4.69) is 5.32 Å². The zero-order valence-electron chi connectivity index (χ0n) is 13.2. The number of esters is 1. The Morgan fingerprint density at radius 1 is 1.36 bits per heavy atom. The molecular weight excluding hydrogens is 354 g/mol. The Kier molecular flexibility index (Phi) is 5.63. The summed E-state index contributed by atoms with van der Waals surface area (Å²) in [5.74, 6) is -3.90. The van der Waals surface area contributed by atoms with Crippen LogP contribution >= 0.6 is 11.6 Å². The summed E-state index contributed by atoms with van der Waals surface area (Å²) in [6.07, 6.45) is -0.594. The lowest BCUT2D eigenvalue weighted by atomic mass is 9.96. The highest BCUT2D eigenvalue weighted by Crippen LogP contribution is 2.29. The van der Waals surface area contributed by atoms with Crippen molar-refractivity contribution in [2.45, 2.75) is 38.3 Å². The van der Waals surface area contributed by atoms with Gasteiger partial charge in [-0.3, -0.25) is 9.59 Å². The topological polar surface area (TPSA) is 130 Å². The molecule has 1 amide bonds. The van der Waals surface area contributed by atoms with Gasteiger partial charge in [-0.2, -0.15) is 0 Å². The van der Waals surface area contributed by atoms with Crippen LogP contribution in [-0.2, 0) is 20.7 Å². The summed E-state index contributed by atoms with van der Waals surface area (Å²) in [6.45, 7) is 1.72. The predicted octanol–water partition coefficient (Wildman–Crippen LogP) is 1.49. The van der Waals surface area contributed by atoms with Crippen molar-refractivity contribution in [1.29, 1.82) is 0 Å². The number of hydrogen-bond acceptors (Lipinski definition) is 5. The van der Waals surface area contributed by atoms with Crippen LogP contribution in [0, 0.1) is 0 Å². The van der Waals surface area contributed by atoms with Crippen molar-refractivity contribution in [2.24, 2.45) is 0 Å². The van der Waals surface area contributed by atoms with E-state index in [1.165, 1.54) is 12.1 Å². The van der Waals surface area contributed by atoms with E-state index >= 15 is 0 Å². The van der Waals surface area contributed by atoms with E-state index in [1.807, 2.05) is 0 Å². The van der Waals surface area contributed by atoms with Crippen molar-refractivity contribution in [3.8, 4) is 0 Å². The molecule has 8 nitrogen and oxygen atoms in total. The Balaban J connectivity index is 2.23. The molecule has 0 radical (unpaired) electrons. The van der Waals surface area contributed by atoms with Crippen molar-refractivity contribution in [2.75, 3.05) is 0 Å². The first-order valence-corrected chi connectivity index (χ1v) is 7.85. The van der Waals surface area contributed by atoms with Crippen LogP contribution in [0.4, 0.5) is 0 Å². The first-order chi connectivity index (χ1) is 11.7. The number of halogens is 1. The fraction of sp³-hybridized carbons (Fsp3) is 0.375. The number of ether oxygens (including phenoxy) is 1. The van der Waals surface area contributed by atoms with Crippen molar-refractivity contribution >= 4 is 35.4 Å². The van der Waals surface area contributed by atoms with Crippen molar-refractivity contribution in [3.05, 3.63) is 33.8 Å². The lowest BCUT2D eigenvalue weighted by Crippen LogP contribution is -2.41. The number of carboxylic acid groups (broad SMARTS) is 2. The minimum Gasteiger partial charge on any atom is -0.481 e. The predicted molar refractivity (Wildman–Crippen MR) is 85.8 cm³/mol. The van der Waals surface area contributed by atoms with Crippen LogP contribution in [0.3, 0.4) is 0 Å². The highest BCUT2D eigenvalue weighted by atomic mass is 35.5. The molecule has 1 unspecified atom stereocenters. The zero-order chi connectivity index (χ0) is 18.7. The highest BCUT2D eigenvalue weighted by Gasteiger charge is 2.28. The third-order valence-electron chi connectivity index (χ3n) is 3.73. The van der Waals surface area contributed by atoms with Crippen LogP contribution in [-0.4, -0.2) is 46.2 Å². The lowest BCUT2D eigenvalue weighted by molar-refractivity contribution is -0.140. The summed E-state index contributed by atoms with van der Waals surface area (Å²) in [6, 6.07) is 1.27. The van der Waals surface area contributed by atoms with Gasteiger partial charge in [-0.15, -0.1) is 0 Å².